The molecule has 0 aromatic rings. The standard InChI is InChI=1S/C8H17NO/c1-3-4-5-6-8(10)7-9-2/h5-6,8-10H,3-4,7H2,1-2H3/b6-5+. The third-order valence-corrected chi connectivity index (χ3v) is 1.23. The smallest absolute Gasteiger partial charge is 0.0845 e. The van der Waals surface area contributed by atoms with Crippen LogP contribution in [0.15, 0.2) is 12.2 Å². The maximum Gasteiger partial charge on any atom is 0.0845 e. The maximum atomic E-state index is 9.13. The van der Waals surface area contributed by atoms with E-state index in [2.05, 4.69) is 12.2 Å². The summed E-state index contributed by atoms with van der Waals surface area (Å²) in [5.74, 6) is 0. The molecule has 2 N–H and O–H groups in total. The second-order valence-corrected chi connectivity index (χ2v) is 2.34. The average Bonchev–Trinajstić information content (AvgIpc) is 1.89. The molecule has 0 saturated heterocycles. The molecule has 0 aromatic carbocycles. The first-order valence-electron chi connectivity index (χ1n) is 3.80. The van der Waals surface area contributed by atoms with Crippen molar-refractivity contribution in [2.75, 3.05) is 13.6 Å². The van der Waals surface area contributed by atoms with E-state index in [4.69, 9.17) is 5.11 Å². The maximum absolute atomic E-state index is 9.13. The molecule has 0 saturated carbocycles. The number of aliphatic hydroxyl groups is 1. The zero-order chi connectivity index (χ0) is 7.82. The van der Waals surface area contributed by atoms with E-state index in [9.17, 15) is 0 Å². The fourth-order valence-corrected chi connectivity index (χ4v) is 0.697. The van der Waals surface area contributed by atoms with Crippen molar-refractivity contribution < 1.29 is 5.11 Å². The van der Waals surface area contributed by atoms with Gasteiger partial charge in [0, 0.05) is 6.54 Å². The molecule has 1 unspecified atom stereocenters. The van der Waals surface area contributed by atoms with Crippen LogP contribution in [0.5, 0.6) is 0 Å². The normalized spacial score (nSPS) is 14.3. The summed E-state index contributed by atoms with van der Waals surface area (Å²) < 4.78 is 0. The van der Waals surface area contributed by atoms with E-state index in [1.54, 1.807) is 0 Å². The third kappa shape index (κ3) is 5.79. The first-order chi connectivity index (χ1) is 4.81. The Hall–Kier alpha value is -0.340. The number of hydrogen-bond donors (Lipinski definition) is 2. The van der Waals surface area contributed by atoms with E-state index in [1.165, 1.54) is 0 Å². The highest BCUT2D eigenvalue weighted by molar-refractivity contribution is 4.88. The van der Waals surface area contributed by atoms with Gasteiger partial charge in [0.15, 0.2) is 0 Å². The van der Waals surface area contributed by atoms with E-state index >= 15 is 0 Å². The van der Waals surface area contributed by atoms with Crippen LogP contribution in [-0.2, 0) is 0 Å². The second kappa shape index (κ2) is 6.78. The molecule has 2 heteroatoms. The van der Waals surface area contributed by atoms with Gasteiger partial charge in [-0.05, 0) is 13.5 Å². The molecule has 0 aromatic heterocycles. The van der Waals surface area contributed by atoms with Crippen LogP contribution in [0.2, 0.25) is 0 Å². The first kappa shape index (κ1) is 9.66. The van der Waals surface area contributed by atoms with Crippen LogP contribution in [0.4, 0.5) is 0 Å². The summed E-state index contributed by atoms with van der Waals surface area (Å²) >= 11 is 0. The SMILES string of the molecule is CCC/C=C/C(O)CNC. The van der Waals surface area contributed by atoms with Gasteiger partial charge in [0.05, 0.1) is 6.10 Å². The van der Waals surface area contributed by atoms with E-state index in [1.807, 2.05) is 19.2 Å². The summed E-state index contributed by atoms with van der Waals surface area (Å²) in [5, 5.41) is 12.0. The van der Waals surface area contributed by atoms with Crippen molar-refractivity contribution >= 4 is 0 Å². The van der Waals surface area contributed by atoms with Crippen molar-refractivity contribution in [1.82, 2.24) is 5.32 Å². The van der Waals surface area contributed by atoms with Gasteiger partial charge in [-0.15, -0.1) is 0 Å². The van der Waals surface area contributed by atoms with E-state index in [-0.39, 0.29) is 6.10 Å². The van der Waals surface area contributed by atoms with Crippen LogP contribution in [0.25, 0.3) is 0 Å². The fourth-order valence-electron chi connectivity index (χ4n) is 0.697. The van der Waals surface area contributed by atoms with Crippen LogP contribution in [0.1, 0.15) is 19.8 Å². The van der Waals surface area contributed by atoms with E-state index in [0.717, 1.165) is 12.8 Å². The Labute approximate surface area is 62.9 Å². The highest BCUT2D eigenvalue weighted by Gasteiger charge is 1.92. The molecule has 0 bridgehead atoms. The van der Waals surface area contributed by atoms with Gasteiger partial charge < -0.3 is 10.4 Å². The van der Waals surface area contributed by atoms with Gasteiger partial charge in [-0.3, -0.25) is 0 Å². The predicted octanol–water partition coefficient (Wildman–Crippen LogP) is 0.923. The van der Waals surface area contributed by atoms with Crippen molar-refractivity contribution in [3.63, 3.8) is 0 Å². The van der Waals surface area contributed by atoms with Crippen molar-refractivity contribution in [3.05, 3.63) is 12.2 Å². The Morgan fingerprint density at radius 2 is 2.30 bits per heavy atom. The molecule has 0 heterocycles. The van der Waals surface area contributed by atoms with Crippen LogP contribution < -0.4 is 5.32 Å². The van der Waals surface area contributed by atoms with E-state index in [0.29, 0.717) is 6.54 Å². The van der Waals surface area contributed by atoms with Crippen molar-refractivity contribution in [2.24, 2.45) is 0 Å². The summed E-state index contributed by atoms with van der Waals surface area (Å²) in [6.07, 6.45) is 5.72. The molecule has 0 spiro atoms. The summed E-state index contributed by atoms with van der Waals surface area (Å²) in [7, 11) is 1.83. The van der Waals surface area contributed by atoms with Crippen molar-refractivity contribution in [3.8, 4) is 0 Å². The molecule has 0 aliphatic heterocycles. The summed E-state index contributed by atoms with van der Waals surface area (Å²) in [6, 6.07) is 0. The molecule has 10 heavy (non-hydrogen) atoms. The van der Waals surface area contributed by atoms with Gasteiger partial charge >= 0.3 is 0 Å². The number of hydrogen-bond acceptors (Lipinski definition) is 2. The fraction of sp³-hybridized carbons (Fsp3) is 0.750. The monoisotopic (exact) mass is 143 g/mol. The highest BCUT2D eigenvalue weighted by Crippen LogP contribution is 1.90. The molecule has 0 radical (unpaired) electrons. The number of rotatable bonds is 5. The zero-order valence-electron chi connectivity index (χ0n) is 6.80. The van der Waals surface area contributed by atoms with Gasteiger partial charge in [0.2, 0.25) is 0 Å². The molecule has 0 fully saturated rings. The number of unbranched alkanes of at least 4 members (excludes halogenated alkanes) is 1. The van der Waals surface area contributed by atoms with Crippen LogP contribution in [-0.4, -0.2) is 24.8 Å². The lowest BCUT2D eigenvalue weighted by molar-refractivity contribution is 0.222. The summed E-state index contributed by atoms with van der Waals surface area (Å²) in [5.41, 5.74) is 0. The minimum Gasteiger partial charge on any atom is -0.388 e. The van der Waals surface area contributed by atoms with Gasteiger partial charge in [0.1, 0.15) is 0 Å². The Morgan fingerprint density at radius 3 is 2.80 bits per heavy atom. The quantitative estimate of drug-likeness (QED) is 0.561. The number of aliphatic hydroxyl groups excluding tert-OH is 1. The summed E-state index contributed by atoms with van der Waals surface area (Å²) in [4.78, 5) is 0. The minimum atomic E-state index is -0.323. The lowest BCUT2D eigenvalue weighted by Crippen LogP contribution is -2.21. The lowest BCUT2D eigenvalue weighted by atomic mass is 10.2. The van der Waals surface area contributed by atoms with Crippen LogP contribution >= 0.6 is 0 Å². The van der Waals surface area contributed by atoms with Crippen LogP contribution in [0.3, 0.4) is 0 Å². The largest absolute Gasteiger partial charge is 0.388 e. The molecule has 0 amide bonds. The van der Waals surface area contributed by atoms with Crippen molar-refractivity contribution in [1.29, 1.82) is 0 Å². The third-order valence-electron chi connectivity index (χ3n) is 1.23. The minimum absolute atomic E-state index is 0.323. The molecular formula is C8H17NO. The topological polar surface area (TPSA) is 32.3 Å². The molecule has 1 atom stereocenters. The zero-order valence-corrected chi connectivity index (χ0v) is 6.80. The Balaban J connectivity index is 3.26. The number of nitrogens with one attached hydrogen (secondary N) is 1. The average molecular weight is 143 g/mol. The first-order valence-corrected chi connectivity index (χ1v) is 3.80. The number of likely N-dealkylation sites (N-methyl/N-ethyl adjacent to an activating group) is 1. The molecule has 0 aliphatic rings. The van der Waals surface area contributed by atoms with Gasteiger partial charge in [-0.25, -0.2) is 0 Å². The molecule has 0 rings (SSSR count). The highest BCUT2D eigenvalue weighted by atomic mass is 16.3. The van der Waals surface area contributed by atoms with Crippen LogP contribution in [0, 0.1) is 0 Å². The van der Waals surface area contributed by atoms with E-state index < -0.39 is 0 Å². The van der Waals surface area contributed by atoms with Crippen molar-refractivity contribution in [2.45, 2.75) is 25.9 Å². The Bertz CT molecular complexity index is 91.3. The predicted molar refractivity (Wildman–Crippen MR) is 44.0 cm³/mol. The number of allylic oxidation sites excluding steroid dienone is 1. The molecular weight excluding hydrogens is 126 g/mol. The summed E-state index contributed by atoms with van der Waals surface area (Å²) in [6.45, 7) is 2.76. The second-order valence-electron chi connectivity index (χ2n) is 2.34. The lowest BCUT2D eigenvalue weighted by Gasteiger charge is -2.01. The van der Waals surface area contributed by atoms with Gasteiger partial charge in [-0.2, -0.15) is 0 Å². The molecule has 2 nitrogen and oxygen atoms in total. The molecule has 0 aliphatic carbocycles. The Kier molecular flexibility index (Phi) is 6.55. The van der Waals surface area contributed by atoms with Gasteiger partial charge in [0.25, 0.3) is 0 Å². The molecule has 60 valence electrons. The van der Waals surface area contributed by atoms with Gasteiger partial charge in [-0.1, -0.05) is 25.5 Å². The Morgan fingerprint density at radius 1 is 1.60 bits per heavy atom.